The zero-order chi connectivity index (χ0) is 20.1. The van der Waals surface area contributed by atoms with E-state index >= 15 is 0 Å². The van der Waals surface area contributed by atoms with Crippen molar-refractivity contribution < 1.29 is 13.2 Å². The summed E-state index contributed by atoms with van der Waals surface area (Å²) in [6.07, 6.45) is 3.05. The highest BCUT2D eigenvalue weighted by molar-refractivity contribution is 8.01. The molecule has 0 spiro atoms. The summed E-state index contributed by atoms with van der Waals surface area (Å²) in [6, 6.07) is 6.77. The van der Waals surface area contributed by atoms with Crippen molar-refractivity contribution in [2.45, 2.75) is 29.0 Å². The first-order chi connectivity index (χ1) is 13.4. The van der Waals surface area contributed by atoms with Gasteiger partial charge in [0.1, 0.15) is 0 Å². The number of carbonyl (C=O) groups excluding carboxylic acids is 1. The van der Waals surface area contributed by atoms with Gasteiger partial charge in [-0.2, -0.15) is 4.31 Å². The first-order valence-electron chi connectivity index (χ1n) is 8.85. The highest BCUT2D eigenvalue weighted by Gasteiger charge is 2.33. The smallest absolute Gasteiger partial charge is 0.243 e. The lowest BCUT2D eigenvalue weighted by molar-refractivity contribution is -0.120. The van der Waals surface area contributed by atoms with Crippen LogP contribution in [0.4, 0.5) is 5.13 Å². The Labute approximate surface area is 173 Å². The molecule has 0 bridgehead atoms. The summed E-state index contributed by atoms with van der Waals surface area (Å²) in [4.78, 5) is 12.9. The number of hydrogen-bond donors (Lipinski definition) is 1. The fourth-order valence-electron chi connectivity index (χ4n) is 2.89. The van der Waals surface area contributed by atoms with E-state index in [0.717, 1.165) is 15.7 Å². The third kappa shape index (κ3) is 4.99. The standard InChI is InChI=1S/C18H22N4O3S3/c1-3-11-26-18-21-20-17(27-18)19-16(23)14-5-4-10-22(12-14)28(24,25)15-8-6-13(2)7-9-15/h3,6-9,14H,1,4-5,10-12H2,2H3,(H,19,20,23)/t14-/m0/s1. The Morgan fingerprint density at radius 2 is 2.14 bits per heavy atom. The number of thioether (sulfide) groups is 1. The van der Waals surface area contributed by atoms with E-state index in [9.17, 15) is 13.2 Å². The molecule has 1 aliphatic rings. The van der Waals surface area contributed by atoms with Gasteiger partial charge in [-0.3, -0.25) is 4.79 Å². The second kappa shape index (κ2) is 9.17. The molecule has 1 aliphatic heterocycles. The molecule has 2 heterocycles. The van der Waals surface area contributed by atoms with Crippen molar-refractivity contribution in [3.63, 3.8) is 0 Å². The molecule has 28 heavy (non-hydrogen) atoms. The van der Waals surface area contributed by atoms with Crippen molar-refractivity contribution in [3.05, 3.63) is 42.5 Å². The lowest BCUT2D eigenvalue weighted by atomic mass is 9.99. The summed E-state index contributed by atoms with van der Waals surface area (Å²) in [5.74, 6) is 0.0826. The van der Waals surface area contributed by atoms with Gasteiger partial charge >= 0.3 is 0 Å². The van der Waals surface area contributed by atoms with Gasteiger partial charge in [-0.25, -0.2) is 8.42 Å². The van der Waals surface area contributed by atoms with Gasteiger partial charge in [0, 0.05) is 18.8 Å². The zero-order valence-corrected chi connectivity index (χ0v) is 17.9. The number of nitrogens with zero attached hydrogens (tertiary/aromatic N) is 3. The molecule has 0 aliphatic carbocycles. The van der Waals surface area contributed by atoms with E-state index in [1.54, 1.807) is 30.3 Å². The average Bonchev–Trinajstić information content (AvgIpc) is 3.14. The van der Waals surface area contributed by atoms with Crippen LogP contribution in [-0.2, 0) is 14.8 Å². The number of benzene rings is 1. The van der Waals surface area contributed by atoms with Crippen LogP contribution in [0.3, 0.4) is 0 Å². The number of amides is 1. The van der Waals surface area contributed by atoms with Crippen LogP contribution >= 0.6 is 23.1 Å². The first-order valence-corrected chi connectivity index (χ1v) is 12.1. The van der Waals surface area contributed by atoms with Crippen LogP contribution in [0.5, 0.6) is 0 Å². The Morgan fingerprint density at radius 3 is 2.86 bits per heavy atom. The number of piperidine rings is 1. The number of aryl methyl sites for hydroxylation is 1. The minimum Gasteiger partial charge on any atom is -0.300 e. The van der Waals surface area contributed by atoms with Crippen molar-refractivity contribution in [2.24, 2.45) is 5.92 Å². The highest BCUT2D eigenvalue weighted by atomic mass is 32.2. The van der Waals surface area contributed by atoms with E-state index in [1.807, 2.05) is 6.92 Å². The molecule has 1 atom stereocenters. The summed E-state index contributed by atoms with van der Waals surface area (Å²) in [7, 11) is -3.61. The van der Waals surface area contributed by atoms with Gasteiger partial charge in [-0.1, -0.05) is 46.9 Å². The number of rotatable bonds is 7. The van der Waals surface area contributed by atoms with Gasteiger partial charge in [-0.15, -0.1) is 16.8 Å². The van der Waals surface area contributed by atoms with Gasteiger partial charge in [0.25, 0.3) is 0 Å². The number of anilines is 1. The van der Waals surface area contributed by atoms with Crippen LogP contribution in [0.25, 0.3) is 0 Å². The monoisotopic (exact) mass is 438 g/mol. The molecule has 7 nitrogen and oxygen atoms in total. The topological polar surface area (TPSA) is 92.3 Å². The van der Waals surface area contributed by atoms with Gasteiger partial charge < -0.3 is 5.32 Å². The summed E-state index contributed by atoms with van der Waals surface area (Å²) in [5.41, 5.74) is 0.998. The van der Waals surface area contributed by atoms with Gasteiger partial charge in [-0.05, 0) is 31.9 Å². The maximum absolute atomic E-state index is 12.9. The van der Waals surface area contributed by atoms with E-state index in [1.165, 1.54) is 27.4 Å². The molecular formula is C18H22N4O3S3. The molecule has 1 aromatic carbocycles. The number of nitrogens with one attached hydrogen (secondary N) is 1. The molecule has 1 amide bonds. The first kappa shape index (κ1) is 21.0. The minimum absolute atomic E-state index is 0.166. The zero-order valence-electron chi connectivity index (χ0n) is 15.5. The van der Waals surface area contributed by atoms with E-state index in [0.29, 0.717) is 24.5 Å². The van der Waals surface area contributed by atoms with Gasteiger partial charge in [0.15, 0.2) is 4.34 Å². The lowest BCUT2D eigenvalue weighted by Gasteiger charge is -2.31. The van der Waals surface area contributed by atoms with E-state index in [-0.39, 0.29) is 17.3 Å². The van der Waals surface area contributed by atoms with Crippen molar-refractivity contribution in [1.29, 1.82) is 0 Å². The van der Waals surface area contributed by atoms with Crippen LogP contribution < -0.4 is 5.32 Å². The predicted molar refractivity (Wildman–Crippen MR) is 112 cm³/mol. The van der Waals surface area contributed by atoms with Crippen LogP contribution in [0.1, 0.15) is 18.4 Å². The second-order valence-corrected chi connectivity index (χ2v) is 10.7. The summed E-state index contributed by atoms with van der Waals surface area (Å²) in [5, 5.41) is 11.2. The van der Waals surface area contributed by atoms with Crippen molar-refractivity contribution >= 4 is 44.2 Å². The van der Waals surface area contributed by atoms with Crippen molar-refractivity contribution in [2.75, 3.05) is 24.2 Å². The Kier molecular flexibility index (Phi) is 6.86. The van der Waals surface area contributed by atoms with E-state index in [2.05, 4.69) is 22.1 Å². The predicted octanol–water partition coefficient (Wildman–Crippen LogP) is 3.16. The summed E-state index contributed by atoms with van der Waals surface area (Å²) in [6.45, 7) is 6.15. The molecule has 150 valence electrons. The maximum atomic E-state index is 12.9. The lowest BCUT2D eigenvalue weighted by Crippen LogP contribution is -2.43. The molecule has 1 saturated heterocycles. The normalized spacial score (nSPS) is 18.0. The van der Waals surface area contributed by atoms with Crippen molar-refractivity contribution in [1.82, 2.24) is 14.5 Å². The molecule has 1 aromatic heterocycles. The molecule has 2 aromatic rings. The minimum atomic E-state index is -3.61. The maximum Gasteiger partial charge on any atom is 0.243 e. The largest absolute Gasteiger partial charge is 0.300 e. The van der Waals surface area contributed by atoms with E-state index < -0.39 is 15.9 Å². The third-order valence-corrected chi connectivity index (χ3v) is 8.22. The number of carbonyl (C=O) groups is 1. The molecule has 1 fully saturated rings. The molecule has 3 rings (SSSR count). The average molecular weight is 439 g/mol. The van der Waals surface area contributed by atoms with Crippen LogP contribution in [0.15, 0.2) is 46.2 Å². The number of hydrogen-bond acceptors (Lipinski definition) is 7. The second-order valence-electron chi connectivity index (χ2n) is 6.48. The SMILES string of the molecule is C=CCSc1nnc(NC(=O)[C@H]2CCCN(S(=O)(=O)c3ccc(C)cc3)C2)s1. The summed E-state index contributed by atoms with van der Waals surface area (Å²) < 4.78 is 27.9. The van der Waals surface area contributed by atoms with Crippen LogP contribution in [0.2, 0.25) is 0 Å². The van der Waals surface area contributed by atoms with Crippen LogP contribution in [-0.4, -0.2) is 47.7 Å². The van der Waals surface area contributed by atoms with Crippen molar-refractivity contribution in [3.8, 4) is 0 Å². The Morgan fingerprint density at radius 1 is 1.39 bits per heavy atom. The molecule has 0 saturated carbocycles. The highest BCUT2D eigenvalue weighted by Crippen LogP contribution is 2.28. The van der Waals surface area contributed by atoms with Gasteiger partial charge in [0.2, 0.25) is 21.1 Å². The molecule has 0 unspecified atom stereocenters. The molecule has 0 radical (unpaired) electrons. The fourth-order valence-corrected chi connectivity index (χ4v) is 5.93. The Bertz CT molecular complexity index is 941. The van der Waals surface area contributed by atoms with Gasteiger partial charge in [0.05, 0.1) is 10.8 Å². The summed E-state index contributed by atoms with van der Waals surface area (Å²) >= 11 is 2.79. The van der Waals surface area contributed by atoms with Crippen LogP contribution in [0, 0.1) is 12.8 Å². The quantitative estimate of drug-likeness (QED) is 0.406. The number of aromatic nitrogens is 2. The third-order valence-electron chi connectivity index (χ3n) is 4.37. The molecular weight excluding hydrogens is 416 g/mol. The fraction of sp³-hybridized carbons (Fsp3) is 0.389. The Hall–Kier alpha value is -1.75. The Balaban J connectivity index is 1.65. The van der Waals surface area contributed by atoms with E-state index in [4.69, 9.17) is 0 Å². The molecule has 1 N–H and O–H groups in total. The molecule has 10 heteroatoms. The number of sulfonamides is 1.